The van der Waals surface area contributed by atoms with Crippen LogP contribution in [0.3, 0.4) is 0 Å². The lowest BCUT2D eigenvalue weighted by Gasteiger charge is -2.22. The third kappa shape index (κ3) is 4.32. The molecule has 0 saturated heterocycles. The average Bonchev–Trinajstić information content (AvgIpc) is 2.14. The average molecular weight is 320 g/mol. The van der Waals surface area contributed by atoms with Crippen molar-refractivity contribution in [2.45, 2.75) is 39.2 Å². The third-order valence-electron chi connectivity index (χ3n) is 2.19. The summed E-state index contributed by atoms with van der Waals surface area (Å²) in [6.07, 6.45) is 0. The maximum Gasteiger partial charge on any atom is 0.313 e. The van der Waals surface area contributed by atoms with E-state index >= 15 is 0 Å². The molecule has 1 rings (SSSR count). The molecule has 0 spiro atoms. The maximum atomic E-state index is 11.9. The zero-order chi connectivity index (χ0) is 13.2. The molecule has 0 aliphatic heterocycles. The molecule has 0 saturated carbocycles. The number of rotatable bonds is 2. The van der Waals surface area contributed by atoms with Gasteiger partial charge in [-0.25, -0.2) is 0 Å². The highest BCUT2D eigenvalue weighted by atomic mass is 79.9. The molecule has 0 unspecified atom stereocenters. The fourth-order valence-corrected chi connectivity index (χ4v) is 2.21. The summed E-state index contributed by atoms with van der Waals surface area (Å²) >= 11 is 9.43. The van der Waals surface area contributed by atoms with Gasteiger partial charge in [0.05, 0.1) is 5.92 Å². The molecular weight excluding hydrogens is 303 g/mol. The predicted molar refractivity (Wildman–Crippen MR) is 73.4 cm³/mol. The highest BCUT2D eigenvalue weighted by Gasteiger charge is 2.24. The van der Waals surface area contributed by atoms with Gasteiger partial charge < -0.3 is 4.74 Å². The van der Waals surface area contributed by atoms with Crippen LogP contribution in [0.25, 0.3) is 0 Å². The molecule has 0 radical (unpaired) electrons. The Morgan fingerprint density at radius 2 is 2.00 bits per heavy atom. The van der Waals surface area contributed by atoms with E-state index in [4.69, 9.17) is 16.3 Å². The van der Waals surface area contributed by atoms with Crippen LogP contribution in [0.5, 0.6) is 0 Å². The number of carbonyl (C=O) groups excluding carboxylic acids is 1. The molecule has 1 aromatic carbocycles. The monoisotopic (exact) mass is 318 g/mol. The van der Waals surface area contributed by atoms with Crippen molar-refractivity contribution in [1.82, 2.24) is 0 Å². The highest BCUT2D eigenvalue weighted by Crippen LogP contribution is 2.29. The lowest BCUT2D eigenvalue weighted by atomic mass is 10.0. The van der Waals surface area contributed by atoms with E-state index in [0.29, 0.717) is 5.02 Å². The Labute approximate surface area is 115 Å². The van der Waals surface area contributed by atoms with Crippen LogP contribution in [-0.2, 0) is 9.53 Å². The number of hydrogen-bond donors (Lipinski definition) is 0. The Kier molecular flexibility index (Phi) is 4.62. The van der Waals surface area contributed by atoms with E-state index in [9.17, 15) is 4.79 Å². The van der Waals surface area contributed by atoms with Crippen LogP contribution in [0.4, 0.5) is 0 Å². The quantitative estimate of drug-likeness (QED) is 0.748. The standard InChI is InChI=1S/C13H16BrClO2/c1-8(12(16)17-13(2,3)4)10-6-5-9(14)7-11(10)15/h5-8H,1-4H3/t8-/m0/s1. The number of halogens is 2. The van der Waals surface area contributed by atoms with Crippen molar-refractivity contribution in [3.8, 4) is 0 Å². The van der Waals surface area contributed by atoms with E-state index in [-0.39, 0.29) is 11.9 Å². The Morgan fingerprint density at radius 1 is 1.41 bits per heavy atom. The number of esters is 1. The van der Waals surface area contributed by atoms with E-state index < -0.39 is 5.60 Å². The van der Waals surface area contributed by atoms with Gasteiger partial charge in [-0.2, -0.15) is 0 Å². The normalized spacial score (nSPS) is 13.3. The van der Waals surface area contributed by atoms with Crippen LogP contribution in [0.2, 0.25) is 5.02 Å². The number of benzene rings is 1. The second kappa shape index (κ2) is 5.40. The minimum atomic E-state index is -0.479. The fraction of sp³-hybridized carbons (Fsp3) is 0.462. The van der Waals surface area contributed by atoms with Gasteiger partial charge in [-0.05, 0) is 45.4 Å². The summed E-state index contributed by atoms with van der Waals surface area (Å²) < 4.78 is 6.22. The maximum absolute atomic E-state index is 11.9. The molecule has 0 aromatic heterocycles. The molecule has 0 heterocycles. The third-order valence-corrected chi connectivity index (χ3v) is 3.01. The van der Waals surface area contributed by atoms with Gasteiger partial charge in [0.15, 0.2) is 0 Å². The minimum Gasteiger partial charge on any atom is -0.460 e. The number of hydrogen-bond acceptors (Lipinski definition) is 2. The Balaban J connectivity index is 2.89. The van der Waals surface area contributed by atoms with Crippen molar-refractivity contribution < 1.29 is 9.53 Å². The molecule has 0 amide bonds. The predicted octanol–water partition coefficient (Wildman–Crippen LogP) is 4.55. The van der Waals surface area contributed by atoms with Gasteiger partial charge in [0.2, 0.25) is 0 Å². The summed E-state index contributed by atoms with van der Waals surface area (Å²) in [6, 6.07) is 5.47. The Morgan fingerprint density at radius 3 is 2.47 bits per heavy atom. The van der Waals surface area contributed by atoms with Gasteiger partial charge >= 0.3 is 5.97 Å². The first-order valence-electron chi connectivity index (χ1n) is 5.38. The van der Waals surface area contributed by atoms with E-state index in [1.54, 1.807) is 13.0 Å². The van der Waals surface area contributed by atoms with Crippen molar-refractivity contribution >= 4 is 33.5 Å². The minimum absolute atomic E-state index is 0.262. The summed E-state index contributed by atoms with van der Waals surface area (Å²) in [5.41, 5.74) is 0.303. The summed E-state index contributed by atoms with van der Waals surface area (Å²) in [7, 11) is 0. The number of carbonyl (C=O) groups is 1. The lowest BCUT2D eigenvalue weighted by Crippen LogP contribution is -2.26. The lowest BCUT2D eigenvalue weighted by molar-refractivity contribution is -0.156. The van der Waals surface area contributed by atoms with Crippen molar-refractivity contribution in [3.63, 3.8) is 0 Å². The first-order chi connectivity index (χ1) is 7.70. The molecule has 0 aliphatic carbocycles. The smallest absolute Gasteiger partial charge is 0.313 e. The van der Waals surface area contributed by atoms with Crippen LogP contribution >= 0.6 is 27.5 Å². The summed E-state index contributed by atoms with van der Waals surface area (Å²) in [5, 5.41) is 0.567. The van der Waals surface area contributed by atoms with Gasteiger partial charge in [0, 0.05) is 9.50 Å². The molecule has 17 heavy (non-hydrogen) atoms. The summed E-state index contributed by atoms with van der Waals surface area (Å²) in [4.78, 5) is 11.9. The Hall–Kier alpha value is -0.540. The van der Waals surface area contributed by atoms with Crippen LogP contribution in [0, 0.1) is 0 Å². The largest absolute Gasteiger partial charge is 0.460 e. The van der Waals surface area contributed by atoms with Crippen LogP contribution in [0.1, 0.15) is 39.2 Å². The van der Waals surface area contributed by atoms with Crippen LogP contribution < -0.4 is 0 Å². The molecule has 0 bridgehead atoms. The fourth-order valence-electron chi connectivity index (χ4n) is 1.37. The highest BCUT2D eigenvalue weighted by molar-refractivity contribution is 9.10. The van der Waals surface area contributed by atoms with Gasteiger partial charge in [-0.1, -0.05) is 33.6 Å². The van der Waals surface area contributed by atoms with E-state index in [0.717, 1.165) is 10.0 Å². The molecule has 1 aromatic rings. The van der Waals surface area contributed by atoms with Gasteiger partial charge in [0.25, 0.3) is 0 Å². The molecule has 0 fully saturated rings. The van der Waals surface area contributed by atoms with Gasteiger partial charge in [0.1, 0.15) is 5.60 Å². The zero-order valence-electron chi connectivity index (χ0n) is 10.4. The molecule has 4 heteroatoms. The van der Waals surface area contributed by atoms with Crippen LogP contribution in [0.15, 0.2) is 22.7 Å². The molecule has 1 atom stereocenters. The van der Waals surface area contributed by atoms with Crippen molar-refractivity contribution in [1.29, 1.82) is 0 Å². The van der Waals surface area contributed by atoms with E-state index in [1.807, 2.05) is 32.9 Å². The molecule has 94 valence electrons. The SMILES string of the molecule is C[C@H](C(=O)OC(C)(C)C)c1ccc(Br)cc1Cl. The summed E-state index contributed by atoms with van der Waals surface area (Å²) in [5.74, 6) is -0.628. The molecule has 0 aliphatic rings. The zero-order valence-corrected chi connectivity index (χ0v) is 12.7. The van der Waals surface area contributed by atoms with E-state index in [2.05, 4.69) is 15.9 Å². The Bertz CT molecular complexity index is 424. The topological polar surface area (TPSA) is 26.3 Å². The molecule has 0 N–H and O–H groups in total. The van der Waals surface area contributed by atoms with Crippen molar-refractivity contribution in [2.75, 3.05) is 0 Å². The van der Waals surface area contributed by atoms with Gasteiger partial charge in [-0.15, -0.1) is 0 Å². The first kappa shape index (κ1) is 14.5. The first-order valence-corrected chi connectivity index (χ1v) is 6.55. The second-order valence-electron chi connectivity index (χ2n) is 4.92. The van der Waals surface area contributed by atoms with Crippen LogP contribution in [-0.4, -0.2) is 11.6 Å². The van der Waals surface area contributed by atoms with Gasteiger partial charge in [-0.3, -0.25) is 4.79 Å². The summed E-state index contributed by atoms with van der Waals surface area (Å²) in [6.45, 7) is 7.34. The molecule has 2 nitrogen and oxygen atoms in total. The van der Waals surface area contributed by atoms with E-state index in [1.165, 1.54) is 0 Å². The number of ether oxygens (including phenoxy) is 1. The van der Waals surface area contributed by atoms with Crippen molar-refractivity contribution in [3.05, 3.63) is 33.3 Å². The second-order valence-corrected chi connectivity index (χ2v) is 6.24. The molecular formula is C13H16BrClO2. The van der Waals surface area contributed by atoms with Crippen molar-refractivity contribution in [2.24, 2.45) is 0 Å².